The molecule has 0 heterocycles. The fraction of sp³-hybridized carbons (Fsp3) is 0.886. The van der Waals surface area contributed by atoms with Crippen LogP contribution in [0, 0.1) is 60.9 Å². The van der Waals surface area contributed by atoms with Gasteiger partial charge in [-0.25, -0.2) is 0 Å². The zero-order chi connectivity index (χ0) is 31.0. The smallest absolute Gasteiger partial charge is 0.303 e. The van der Waals surface area contributed by atoms with Crippen molar-refractivity contribution >= 4 is 11.9 Å². The molecule has 236 valence electrons. The molecular formula is C35H55NO6. The summed E-state index contributed by atoms with van der Waals surface area (Å²) in [6, 6.07) is 0. The molecule has 42 heavy (non-hydrogen) atoms. The van der Waals surface area contributed by atoms with Gasteiger partial charge in [-0.3, -0.25) is 19.7 Å². The van der Waals surface area contributed by atoms with Crippen molar-refractivity contribution in [1.29, 1.82) is 0 Å². The molecule has 9 atom stereocenters. The Morgan fingerprint density at radius 2 is 1.57 bits per heavy atom. The summed E-state index contributed by atoms with van der Waals surface area (Å²) in [6.45, 7) is 19.5. The van der Waals surface area contributed by atoms with Crippen LogP contribution < -0.4 is 0 Å². The predicted molar refractivity (Wildman–Crippen MR) is 162 cm³/mol. The maximum Gasteiger partial charge on any atom is 0.303 e. The minimum absolute atomic E-state index is 0.0308. The summed E-state index contributed by atoms with van der Waals surface area (Å²) in [4.78, 5) is 35.9. The number of carbonyl (C=O) groups excluding carboxylic acids is 2. The number of hydrogen-bond donors (Lipinski definition) is 0. The Balaban J connectivity index is 1.55. The van der Waals surface area contributed by atoms with Gasteiger partial charge in [-0.1, -0.05) is 59.6 Å². The third-order valence-electron chi connectivity index (χ3n) is 14.2. The van der Waals surface area contributed by atoms with E-state index in [0.29, 0.717) is 23.7 Å². The molecular weight excluding hydrogens is 530 g/mol. The van der Waals surface area contributed by atoms with Crippen LogP contribution in [-0.4, -0.2) is 35.6 Å². The number of nitrogens with zero attached hydrogens (tertiary/aromatic N) is 1. The van der Waals surface area contributed by atoms with E-state index in [1.807, 2.05) is 0 Å². The van der Waals surface area contributed by atoms with Crippen molar-refractivity contribution < 1.29 is 24.0 Å². The van der Waals surface area contributed by atoms with Gasteiger partial charge in [-0.2, -0.15) is 0 Å². The van der Waals surface area contributed by atoms with E-state index >= 15 is 0 Å². The van der Waals surface area contributed by atoms with E-state index in [2.05, 4.69) is 48.5 Å². The van der Waals surface area contributed by atoms with Gasteiger partial charge in [0.15, 0.2) is 6.10 Å². The number of carbonyl (C=O) groups is 2. The first-order valence-electron chi connectivity index (χ1n) is 16.6. The minimum Gasteiger partial charge on any atom is -0.462 e. The minimum atomic E-state index is -0.711. The maximum atomic E-state index is 12.3. The first kappa shape index (κ1) is 31.5. The monoisotopic (exact) mass is 585 g/mol. The highest BCUT2D eigenvalue weighted by Gasteiger charge is 2.70. The van der Waals surface area contributed by atoms with Gasteiger partial charge in [0.25, 0.3) is 0 Å². The summed E-state index contributed by atoms with van der Waals surface area (Å²) >= 11 is 0. The molecule has 0 aromatic carbocycles. The molecule has 5 aliphatic rings. The Labute approximate surface area is 253 Å². The topological polar surface area (TPSA) is 95.7 Å². The molecule has 0 aromatic rings. The second-order valence-electron chi connectivity index (χ2n) is 16.4. The van der Waals surface area contributed by atoms with Crippen molar-refractivity contribution in [3.8, 4) is 0 Å². The molecule has 0 radical (unpaired) electrons. The van der Waals surface area contributed by atoms with Gasteiger partial charge < -0.3 is 9.47 Å². The van der Waals surface area contributed by atoms with Crippen LogP contribution in [0.2, 0.25) is 0 Å². The molecule has 0 bridgehead atoms. The average molecular weight is 586 g/mol. The number of fused-ring (bicyclic) bond motifs is 7. The van der Waals surface area contributed by atoms with Crippen molar-refractivity contribution in [2.24, 2.45) is 50.7 Å². The van der Waals surface area contributed by atoms with E-state index in [1.165, 1.54) is 25.0 Å². The second-order valence-corrected chi connectivity index (χ2v) is 16.4. The zero-order valence-corrected chi connectivity index (χ0v) is 27.6. The lowest BCUT2D eigenvalue weighted by Gasteiger charge is -2.72. The average Bonchev–Trinajstić information content (AvgIpc) is 3.26. The lowest BCUT2D eigenvalue weighted by molar-refractivity contribution is -0.494. The summed E-state index contributed by atoms with van der Waals surface area (Å²) in [6.07, 6.45) is 9.44. The van der Waals surface area contributed by atoms with Crippen molar-refractivity contribution in [1.82, 2.24) is 0 Å². The van der Waals surface area contributed by atoms with Gasteiger partial charge in [-0.05, 0) is 104 Å². The van der Waals surface area contributed by atoms with E-state index in [-0.39, 0.29) is 45.2 Å². The molecule has 0 aliphatic heterocycles. The van der Waals surface area contributed by atoms with Crippen LogP contribution in [0.5, 0.6) is 0 Å². The molecule has 4 saturated carbocycles. The fourth-order valence-electron chi connectivity index (χ4n) is 12.3. The van der Waals surface area contributed by atoms with Gasteiger partial charge >= 0.3 is 11.9 Å². The van der Waals surface area contributed by atoms with Crippen molar-refractivity contribution in [2.75, 3.05) is 6.54 Å². The highest BCUT2D eigenvalue weighted by molar-refractivity contribution is 5.66. The molecule has 5 rings (SSSR count). The number of rotatable bonds is 6. The third-order valence-corrected chi connectivity index (χ3v) is 14.2. The van der Waals surface area contributed by atoms with Crippen molar-refractivity contribution in [3.63, 3.8) is 0 Å². The number of ether oxygens (including phenoxy) is 2. The van der Waals surface area contributed by atoms with Crippen LogP contribution in [0.1, 0.15) is 127 Å². The first-order chi connectivity index (χ1) is 19.4. The predicted octanol–water partition coefficient (Wildman–Crippen LogP) is 7.93. The summed E-state index contributed by atoms with van der Waals surface area (Å²) in [5.74, 6) is 1.19. The molecule has 0 saturated heterocycles. The quantitative estimate of drug-likeness (QED) is 0.136. The molecule has 7 nitrogen and oxygen atoms in total. The highest BCUT2D eigenvalue weighted by Crippen LogP contribution is 2.77. The van der Waals surface area contributed by atoms with E-state index in [9.17, 15) is 19.7 Å². The lowest BCUT2D eigenvalue weighted by Crippen LogP contribution is -2.66. The number of allylic oxidation sites excluding steroid dienone is 1. The van der Waals surface area contributed by atoms with E-state index in [1.54, 1.807) is 0 Å². The van der Waals surface area contributed by atoms with E-state index < -0.39 is 17.5 Å². The van der Waals surface area contributed by atoms with Crippen LogP contribution >= 0.6 is 0 Å². The Morgan fingerprint density at radius 3 is 2.17 bits per heavy atom. The Hall–Kier alpha value is -1.92. The largest absolute Gasteiger partial charge is 0.462 e. The fourth-order valence-corrected chi connectivity index (χ4v) is 12.3. The maximum absolute atomic E-state index is 12.3. The van der Waals surface area contributed by atoms with Gasteiger partial charge in [0.1, 0.15) is 6.10 Å². The molecule has 0 aromatic heterocycles. The van der Waals surface area contributed by atoms with Gasteiger partial charge in [0.2, 0.25) is 6.54 Å². The molecule has 1 unspecified atom stereocenters. The molecule has 0 amide bonds. The zero-order valence-electron chi connectivity index (χ0n) is 27.6. The normalized spacial score (nSPS) is 43.0. The lowest BCUT2D eigenvalue weighted by atomic mass is 9.33. The second kappa shape index (κ2) is 10.3. The van der Waals surface area contributed by atoms with Crippen molar-refractivity contribution in [2.45, 2.75) is 139 Å². The van der Waals surface area contributed by atoms with E-state index in [4.69, 9.17) is 9.47 Å². The van der Waals surface area contributed by atoms with Crippen LogP contribution in [0.15, 0.2) is 11.1 Å². The van der Waals surface area contributed by atoms with Crippen LogP contribution in [0.4, 0.5) is 0 Å². The highest BCUT2D eigenvalue weighted by atomic mass is 16.6. The molecule has 0 spiro atoms. The Morgan fingerprint density at radius 1 is 0.881 bits per heavy atom. The summed E-state index contributed by atoms with van der Waals surface area (Å²) in [5, 5.41) is 11.9. The summed E-state index contributed by atoms with van der Waals surface area (Å²) in [5.41, 5.74) is 2.78. The third kappa shape index (κ3) is 4.40. The Bertz CT molecular complexity index is 1160. The summed E-state index contributed by atoms with van der Waals surface area (Å²) in [7, 11) is 0. The summed E-state index contributed by atoms with van der Waals surface area (Å²) < 4.78 is 11.8. The molecule has 4 fully saturated rings. The van der Waals surface area contributed by atoms with Crippen LogP contribution in [0.3, 0.4) is 0 Å². The number of nitro groups is 1. The molecule has 7 heteroatoms. The van der Waals surface area contributed by atoms with Crippen LogP contribution in [0.25, 0.3) is 0 Å². The molecule has 5 aliphatic carbocycles. The molecule has 0 N–H and O–H groups in total. The number of esters is 2. The van der Waals surface area contributed by atoms with Gasteiger partial charge in [0.05, 0.1) is 0 Å². The number of hydrogen-bond acceptors (Lipinski definition) is 6. The van der Waals surface area contributed by atoms with Crippen molar-refractivity contribution in [3.05, 3.63) is 21.3 Å². The first-order valence-corrected chi connectivity index (χ1v) is 16.6. The standard InChI is InChI=1S/C35H55NO6/c1-21(2)24-12-17-35(29(20-36(39)40)42-23(4)38)19-18-33(8)25(30(24)35)10-11-27-32(7)15-14-28(41-22(3)37)31(5,6)26(32)13-16-34(27,33)9/h21,25-29H,10-20H2,1-9H3/t25-,26+,27-,28+,29?,32+,33-,34-,35-/m1/s1. The van der Waals surface area contributed by atoms with E-state index in [0.717, 1.165) is 64.2 Å². The van der Waals surface area contributed by atoms with Gasteiger partial charge in [0, 0.05) is 29.6 Å². The van der Waals surface area contributed by atoms with Crippen LogP contribution in [-0.2, 0) is 19.1 Å². The SMILES string of the molecule is CC(=O)OC(C[N+](=O)[O-])[C@]12CCC(C(C)C)=C1[C@H]1CC[C@@H]3[C@@]4(C)CC[C@H](OC(C)=O)C(C)(C)[C@@H]4CC[C@@]3(C)[C@]1(C)CC2. The van der Waals surface area contributed by atoms with Gasteiger partial charge in [-0.15, -0.1) is 0 Å². The Kier molecular flexibility index (Phi) is 7.75.